The third-order valence-electron chi connectivity index (χ3n) is 4.65. The predicted octanol–water partition coefficient (Wildman–Crippen LogP) is 2.59. The normalized spacial score (nSPS) is 19.7. The molecule has 0 saturated carbocycles. The number of hydrogen-bond donors (Lipinski definition) is 1. The lowest BCUT2D eigenvalue weighted by atomic mass is 10.0. The fraction of sp³-hybridized carbons (Fsp3) is 0.647. The first-order valence-corrected chi connectivity index (χ1v) is 9.70. The van der Waals surface area contributed by atoms with E-state index in [0.717, 1.165) is 31.6 Å². The Labute approximate surface area is 139 Å². The van der Waals surface area contributed by atoms with E-state index in [4.69, 9.17) is 0 Å². The molecular formula is C17H27FN2O2S. The monoisotopic (exact) mass is 342 g/mol. The molecule has 1 heterocycles. The number of nitrogens with one attached hydrogen (secondary N) is 1. The minimum atomic E-state index is -3.20. The van der Waals surface area contributed by atoms with Crippen LogP contribution in [0, 0.1) is 25.6 Å². The van der Waals surface area contributed by atoms with Crippen molar-refractivity contribution in [2.75, 3.05) is 19.6 Å². The molecule has 1 aliphatic rings. The van der Waals surface area contributed by atoms with Gasteiger partial charge in [-0.25, -0.2) is 17.5 Å². The Balaban J connectivity index is 1.90. The highest BCUT2D eigenvalue weighted by atomic mass is 32.2. The fourth-order valence-corrected chi connectivity index (χ4v) is 3.70. The van der Waals surface area contributed by atoms with Gasteiger partial charge in [0.25, 0.3) is 0 Å². The number of halogens is 1. The van der Waals surface area contributed by atoms with E-state index in [1.54, 1.807) is 20.8 Å². The minimum absolute atomic E-state index is 0.122. The second-order valence-electron chi connectivity index (χ2n) is 6.81. The predicted molar refractivity (Wildman–Crippen MR) is 91.3 cm³/mol. The van der Waals surface area contributed by atoms with E-state index in [2.05, 4.69) is 9.62 Å². The van der Waals surface area contributed by atoms with Crippen LogP contribution in [0.15, 0.2) is 12.1 Å². The molecule has 1 atom stereocenters. The van der Waals surface area contributed by atoms with E-state index < -0.39 is 15.3 Å². The van der Waals surface area contributed by atoms with Gasteiger partial charge in [0.15, 0.2) is 0 Å². The highest BCUT2D eigenvalue weighted by Crippen LogP contribution is 2.22. The zero-order valence-electron chi connectivity index (χ0n) is 14.4. The Kier molecular flexibility index (Phi) is 5.81. The molecule has 0 aromatic heterocycles. The number of nitrogens with zero attached hydrogens (tertiary/aromatic N) is 1. The van der Waals surface area contributed by atoms with Crippen LogP contribution in [0.4, 0.5) is 4.39 Å². The molecule has 0 unspecified atom stereocenters. The standard InChI is InChI=1S/C17H27FN2O2S/c1-12(2)23(21,22)19-9-15-7-8-20(10-15)11-16-6-5-13(3)17(18)14(16)4/h5-6,12,15,19H,7-11H2,1-4H3/t15-/m1/s1. The van der Waals surface area contributed by atoms with E-state index >= 15 is 0 Å². The van der Waals surface area contributed by atoms with Gasteiger partial charge in [-0.1, -0.05) is 12.1 Å². The van der Waals surface area contributed by atoms with Gasteiger partial charge in [-0.05, 0) is 63.3 Å². The van der Waals surface area contributed by atoms with E-state index in [9.17, 15) is 12.8 Å². The SMILES string of the molecule is Cc1ccc(CN2CC[C@H](CNS(=O)(=O)C(C)C)C2)c(C)c1F. The van der Waals surface area contributed by atoms with Crippen molar-refractivity contribution >= 4 is 10.0 Å². The zero-order valence-corrected chi connectivity index (χ0v) is 15.2. The molecular weight excluding hydrogens is 315 g/mol. The van der Waals surface area contributed by atoms with Crippen LogP contribution in [0.3, 0.4) is 0 Å². The maximum Gasteiger partial charge on any atom is 0.213 e. The summed E-state index contributed by atoms with van der Waals surface area (Å²) in [5, 5.41) is -0.404. The van der Waals surface area contributed by atoms with Crippen molar-refractivity contribution in [3.63, 3.8) is 0 Å². The Bertz CT molecular complexity index is 659. The summed E-state index contributed by atoms with van der Waals surface area (Å²) in [6.07, 6.45) is 0.966. The first-order chi connectivity index (χ1) is 10.7. The fourth-order valence-electron chi connectivity index (χ4n) is 2.90. The van der Waals surface area contributed by atoms with Crippen LogP contribution in [0.2, 0.25) is 0 Å². The first kappa shape index (κ1) is 18.4. The molecule has 0 amide bonds. The van der Waals surface area contributed by atoms with E-state index in [1.807, 2.05) is 19.1 Å². The average molecular weight is 342 g/mol. The van der Waals surface area contributed by atoms with Gasteiger partial charge in [0.1, 0.15) is 5.82 Å². The lowest BCUT2D eigenvalue weighted by molar-refractivity contribution is 0.315. The third kappa shape index (κ3) is 4.52. The molecule has 1 aromatic rings. The molecule has 1 saturated heterocycles. The summed E-state index contributed by atoms with van der Waals surface area (Å²) in [5.41, 5.74) is 2.40. The summed E-state index contributed by atoms with van der Waals surface area (Å²) in [4.78, 5) is 2.27. The second kappa shape index (κ2) is 7.28. The number of hydrogen-bond acceptors (Lipinski definition) is 3. The molecule has 0 spiro atoms. The van der Waals surface area contributed by atoms with Crippen LogP contribution in [-0.2, 0) is 16.6 Å². The molecule has 0 aliphatic carbocycles. The molecule has 4 nitrogen and oxygen atoms in total. The summed E-state index contributed by atoms with van der Waals surface area (Å²) in [7, 11) is -3.20. The van der Waals surface area contributed by atoms with Crippen molar-refractivity contribution in [2.45, 2.75) is 45.9 Å². The molecule has 1 aromatic carbocycles. The van der Waals surface area contributed by atoms with Gasteiger partial charge < -0.3 is 0 Å². The molecule has 2 rings (SSSR count). The number of likely N-dealkylation sites (tertiary alicyclic amines) is 1. The number of aryl methyl sites for hydroxylation is 1. The maximum atomic E-state index is 14.0. The highest BCUT2D eigenvalue weighted by molar-refractivity contribution is 7.90. The van der Waals surface area contributed by atoms with E-state index in [0.29, 0.717) is 23.6 Å². The van der Waals surface area contributed by atoms with Crippen molar-refractivity contribution in [3.8, 4) is 0 Å². The van der Waals surface area contributed by atoms with E-state index in [-0.39, 0.29) is 5.82 Å². The molecule has 1 aliphatic heterocycles. The van der Waals surface area contributed by atoms with Crippen LogP contribution in [0.25, 0.3) is 0 Å². The topological polar surface area (TPSA) is 49.4 Å². The van der Waals surface area contributed by atoms with Gasteiger partial charge in [0, 0.05) is 19.6 Å². The molecule has 23 heavy (non-hydrogen) atoms. The van der Waals surface area contributed by atoms with Crippen molar-refractivity contribution in [2.24, 2.45) is 5.92 Å². The van der Waals surface area contributed by atoms with Gasteiger partial charge in [0.05, 0.1) is 5.25 Å². The molecule has 1 N–H and O–H groups in total. The quantitative estimate of drug-likeness (QED) is 0.864. The maximum absolute atomic E-state index is 14.0. The van der Waals surface area contributed by atoms with Crippen LogP contribution in [0.1, 0.15) is 37.0 Å². The summed E-state index contributed by atoms with van der Waals surface area (Å²) >= 11 is 0. The van der Waals surface area contributed by atoms with Crippen molar-refractivity contribution in [3.05, 3.63) is 34.6 Å². The average Bonchev–Trinajstić information content (AvgIpc) is 2.93. The molecule has 6 heteroatoms. The number of benzene rings is 1. The Morgan fingerprint density at radius 3 is 2.70 bits per heavy atom. The largest absolute Gasteiger partial charge is 0.299 e. The summed E-state index contributed by atoms with van der Waals surface area (Å²) in [5.74, 6) is 0.196. The van der Waals surface area contributed by atoms with Crippen LogP contribution < -0.4 is 4.72 Å². The molecule has 1 fully saturated rings. The van der Waals surface area contributed by atoms with Crippen LogP contribution in [0.5, 0.6) is 0 Å². The Hall–Kier alpha value is -0.980. The minimum Gasteiger partial charge on any atom is -0.299 e. The van der Waals surface area contributed by atoms with Crippen molar-refractivity contribution in [1.29, 1.82) is 0 Å². The van der Waals surface area contributed by atoms with E-state index in [1.165, 1.54) is 0 Å². The highest BCUT2D eigenvalue weighted by Gasteiger charge is 2.25. The molecule has 130 valence electrons. The Morgan fingerprint density at radius 1 is 1.35 bits per heavy atom. The van der Waals surface area contributed by atoms with Gasteiger partial charge in [-0.2, -0.15) is 0 Å². The lowest BCUT2D eigenvalue weighted by Crippen LogP contribution is -2.35. The third-order valence-corrected chi connectivity index (χ3v) is 6.46. The lowest BCUT2D eigenvalue weighted by Gasteiger charge is -2.19. The summed E-state index contributed by atoms with van der Waals surface area (Å²) in [6.45, 7) is 9.92. The Morgan fingerprint density at radius 2 is 2.04 bits per heavy atom. The first-order valence-electron chi connectivity index (χ1n) is 8.16. The summed E-state index contributed by atoms with van der Waals surface area (Å²) in [6, 6.07) is 3.81. The number of rotatable bonds is 6. The van der Waals surface area contributed by atoms with Gasteiger partial charge in [0.2, 0.25) is 10.0 Å². The van der Waals surface area contributed by atoms with Gasteiger partial charge in [-0.15, -0.1) is 0 Å². The zero-order chi connectivity index (χ0) is 17.2. The smallest absolute Gasteiger partial charge is 0.213 e. The van der Waals surface area contributed by atoms with Gasteiger partial charge in [-0.3, -0.25) is 4.90 Å². The van der Waals surface area contributed by atoms with Gasteiger partial charge >= 0.3 is 0 Å². The number of sulfonamides is 1. The van der Waals surface area contributed by atoms with Crippen LogP contribution >= 0.6 is 0 Å². The summed E-state index contributed by atoms with van der Waals surface area (Å²) < 4.78 is 40.3. The van der Waals surface area contributed by atoms with Crippen molar-refractivity contribution in [1.82, 2.24) is 9.62 Å². The second-order valence-corrected chi connectivity index (χ2v) is 9.13. The molecule has 0 radical (unpaired) electrons. The molecule has 0 bridgehead atoms. The van der Waals surface area contributed by atoms with Crippen LogP contribution in [-0.4, -0.2) is 38.2 Å². The van der Waals surface area contributed by atoms with Crippen molar-refractivity contribution < 1.29 is 12.8 Å².